The fourth-order valence-corrected chi connectivity index (χ4v) is 7.02. The summed E-state index contributed by atoms with van der Waals surface area (Å²) in [5, 5.41) is 9.29. The van der Waals surface area contributed by atoms with Crippen LogP contribution in [0.1, 0.15) is 59.8 Å². The van der Waals surface area contributed by atoms with Crippen molar-refractivity contribution in [3.63, 3.8) is 0 Å². The van der Waals surface area contributed by atoms with Crippen molar-refractivity contribution in [3.05, 3.63) is 49.6 Å². The number of aliphatic hydroxyl groups excluding tert-OH is 1. The first kappa shape index (κ1) is 31.8. The van der Waals surface area contributed by atoms with E-state index in [4.69, 9.17) is 9.47 Å². The van der Waals surface area contributed by atoms with Crippen LogP contribution in [0.3, 0.4) is 0 Å². The Morgan fingerprint density at radius 2 is 1.81 bits per heavy atom. The van der Waals surface area contributed by atoms with Crippen LogP contribution in [-0.2, 0) is 19.1 Å². The zero-order chi connectivity index (χ0) is 30.7. The third kappa shape index (κ3) is 5.73. The minimum absolute atomic E-state index is 0.0755. The van der Waals surface area contributed by atoms with Gasteiger partial charge in [0, 0.05) is 37.5 Å². The van der Waals surface area contributed by atoms with E-state index < -0.39 is 35.1 Å². The van der Waals surface area contributed by atoms with E-state index in [0.717, 1.165) is 6.42 Å². The van der Waals surface area contributed by atoms with Gasteiger partial charge in [0.2, 0.25) is 17.7 Å². The summed E-state index contributed by atoms with van der Waals surface area (Å²) in [7, 11) is 0. The lowest BCUT2D eigenvalue weighted by Gasteiger charge is -2.42. The van der Waals surface area contributed by atoms with Crippen LogP contribution in [-0.4, -0.2) is 88.8 Å². The van der Waals surface area contributed by atoms with Gasteiger partial charge in [0.25, 0.3) is 0 Å². The maximum atomic E-state index is 14.4. The molecule has 3 aliphatic heterocycles. The molecule has 0 radical (unpaired) electrons. The first-order chi connectivity index (χ1) is 20.0. The van der Waals surface area contributed by atoms with Crippen LogP contribution in [0, 0.1) is 11.8 Å². The van der Waals surface area contributed by atoms with Gasteiger partial charge < -0.3 is 29.3 Å². The first-order valence-electron chi connectivity index (χ1n) is 15.2. The fraction of sp³-hybridized carbons (Fsp3) is 0.606. The highest BCUT2D eigenvalue weighted by atomic mass is 16.5. The Bertz CT molecular complexity index is 1160. The first-order valence-corrected chi connectivity index (χ1v) is 15.2. The van der Waals surface area contributed by atoms with Gasteiger partial charge in [-0.1, -0.05) is 12.2 Å². The van der Waals surface area contributed by atoms with Gasteiger partial charge in [0.1, 0.15) is 17.4 Å². The molecule has 9 nitrogen and oxygen atoms in total. The van der Waals surface area contributed by atoms with E-state index in [-0.39, 0.29) is 30.9 Å². The van der Waals surface area contributed by atoms with Crippen LogP contribution in [0.4, 0.5) is 5.69 Å². The Kier molecular flexibility index (Phi) is 9.83. The van der Waals surface area contributed by atoms with Crippen LogP contribution in [0.5, 0.6) is 5.75 Å². The number of fused-ring (bicyclic) bond motifs is 1. The van der Waals surface area contributed by atoms with Crippen LogP contribution in [0.15, 0.2) is 49.6 Å². The number of benzene rings is 1. The number of carbonyl (C=O) groups is 3. The lowest BCUT2D eigenvalue weighted by molar-refractivity contribution is -0.151. The third-order valence-electron chi connectivity index (χ3n) is 8.80. The molecule has 3 amide bonds. The van der Waals surface area contributed by atoms with Crippen molar-refractivity contribution in [2.45, 2.75) is 83.1 Å². The van der Waals surface area contributed by atoms with Gasteiger partial charge in [-0.25, -0.2) is 0 Å². The van der Waals surface area contributed by atoms with Crippen molar-refractivity contribution >= 4 is 23.4 Å². The Balaban J connectivity index is 1.71. The van der Waals surface area contributed by atoms with E-state index in [2.05, 4.69) is 13.2 Å². The Hall–Kier alpha value is -3.17. The molecule has 0 saturated carbocycles. The highest BCUT2D eigenvalue weighted by molar-refractivity contribution is 6.03. The second kappa shape index (κ2) is 13.0. The molecule has 2 unspecified atom stereocenters. The maximum absolute atomic E-state index is 14.4. The highest BCUT2D eigenvalue weighted by Gasteiger charge is 2.75. The highest BCUT2D eigenvalue weighted by Crippen LogP contribution is 2.59. The normalized spacial score (nSPS) is 26.2. The van der Waals surface area contributed by atoms with Gasteiger partial charge in [-0.15, -0.1) is 13.2 Å². The molecule has 2 bridgehead atoms. The van der Waals surface area contributed by atoms with Crippen molar-refractivity contribution in [3.8, 4) is 5.75 Å². The molecule has 0 aromatic heterocycles. The van der Waals surface area contributed by atoms with Crippen molar-refractivity contribution in [1.82, 2.24) is 9.80 Å². The minimum Gasteiger partial charge on any atom is -0.494 e. The minimum atomic E-state index is -1.07. The summed E-state index contributed by atoms with van der Waals surface area (Å²) in [5.74, 6) is -1.33. The molecule has 3 saturated heterocycles. The molecule has 5 atom stereocenters. The standard InChI is InChI=1S/C33H47N3O6/c1-7-19-34(23-13-15-24(16-14-23)41-9-3)29(38)26-25-17-18-33(42-25)27(26)30(39)35(21-11-10-12-22-37)28(33)31(40)36(20-8-2)32(4,5)6/h7-8,13-16,25-28,37H,1-2,9-12,17-22H2,3-6H3/t25-,26+,27-,28?,33?/m0/s1. The number of hydrogen-bond acceptors (Lipinski definition) is 6. The summed E-state index contributed by atoms with van der Waals surface area (Å²) in [5.41, 5.74) is -0.894. The maximum Gasteiger partial charge on any atom is 0.249 e. The van der Waals surface area contributed by atoms with E-state index in [1.807, 2.05) is 52.0 Å². The van der Waals surface area contributed by atoms with Crippen LogP contribution in [0.25, 0.3) is 0 Å². The van der Waals surface area contributed by atoms with Gasteiger partial charge in [0.05, 0.1) is 24.5 Å². The van der Waals surface area contributed by atoms with Crippen LogP contribution < -0.4 is 9.64 Å². The molecular formula is C33H47N3O6. The number of anilines is 1. The van der Waals surface area contributed by atoms with Crippen molar-refractivity contribution in [2.75, 3.05) is 37.7 Å². The smallest absolute Gasteiger partial charge is 0.249 e. The second-order valence-electron chi connectivity index (χ2n) is 12.4. The molecule has 3 heterocycles. The summed E-state index contributed by atoms with van der Waals surface area (Å²) in [6.07, 6.45) is 6.06. The number of aliphatic hydroxyl groups is 1. The number of amides is 3. The predicted octanol–water partition coefficient (Wildman–Crippen LogP) is 3.95. The van der Waals surface area contributed by atoms with Crippen molar-refractivity contribution in [1.29, 1.82) is 0 Å². The monoisotopic (exact) mass is 581 g/mol. The van der Waals surface area contributed by atoms with Crippen LogP contribution in [0.2, 0.25) is 0 Å². The molecular weight excluding hydrogens is 534 g/mol. The van der Waals surface area contributed by atoms with Gasteiger partial charge in [-0.2, -0.15) is 0 Å². The Labute approximate surface area is 250 Å². The summed E-state index contributed by atoms with van der Waals surface area (Å²) < 4.78 is 12.2. The quantitative estimate of drug-likeness (QED) is 0.264. The van der Waals surface area contributed by atoms with E-state index in [9.17, 15) is 19.5 Å². The molecule has 1 spiro atoms. The predicted molar refractivity (Wildman–Crippen MR) is 162 cm³/mol. The van der Waals surface area contributed by atoms with E-state index >= 15 is 0 Å². The molecule has 3 fully saturated rings. The largest absolute Gasteiger partial charge is 0.494 e. The third-order valence-corrected chi connectivity index (χ3v) is 8.80. The summed E-state index contributed by atoms with van der Waals surface area (Å²) in [6, 6.07) is 6.49. The van der Waals surface area contributed by atoms with E-state index in [0.29, 0.717) is 56.8 Å². The van der Waals surface area contributed by atoms with Crippen molar-refractivity contribution < 1.29 is 29.0 Å². The van der Waals surface area contributed by atoms with Gasteiger partial charge in [-0.3, -0.25) is 14.4 Å². The molecule has 1 aromatic rings. The molecule has 230 valence electrons. The lowest BCUT2D eigenvalue weighted by Crippen LogP contribution is -2.60. The molecule has 1 aromatic carbocycles. The lowest BCUT2D eigenvalue weighted by atomic mass is 9.70. The molecule has 1 N–H and O–H groups in total. The van der Waals surface area contributed by atoms with Gasteiger partial charge in [-0.05, 0) is 84.1 Å². The summed E-state index contributed by atoms with van der Waals surface area (Å²) in [6.45, 7) is 17.1. The fourth-order valence-electron chi connectivity index (χ4n) is 7.02. The average Bonchev–Trinajstić information content (AvgIpc) is 3.59. The average molecular weight is 582 g/mol. The molecule has 4 rings (SSSR count). The van der Waals surface area contributed by atoms with Crippen molar-refractivity contribution in [2.24, 2.45) is 11.8 Å². The summed E-state index contributed by atoms with van der Waals surface area (Å²) >= 11 is 0. The second-order valence-corrected chi connectivity index (χ2v) is 12.4. The number of likely N-dealkylation sites (tertiary alicyclic amines) is 1. The topological polar surface area (TPSA) is 99.6 Å². The summed E-state index contributed by atoms with van der Waals surface area (Å²) in [4.78, 5) is 48.2. The van der Waals surface area contributed by atoms with Crippen LogP contribution >= 0.6 is 0 Å². The molecule has 42 heavy (non-hydrogen) atoms. The zero-order valence-electron chi connectivity index (χ0n) is 25.6. The molecule has 3 aliphatic rings. The molecule has 9 heteroatoms. The number of hydrogen-bond donors (Lipinski definition) is 1. The zero-order valence-corrected chi connectivity index (χ0v) is 25.6. The number of nitrogens with zero attached hydrogens (tertiary/aromatic N) is 3. The van der Waals surface area contributed by atoms with Gasteiger partial charge >= 0.3 is 0 Å². The number of carbonyl (C=O) groups excluding carboxylic acids is 3. The SMILES string of the molecule is C=CCN(C(=O)[C@@H]1[C@@H]2CCC3(O2)C(C(=O)N(CC=C)C(C)(C)C)N(CCCCCO)C(=O)[C@H]13)c1ccc(OCC)cc1. The molecule has 0 aliphatic carbocycles. The van der Waals surface area contributed by atoms with E-state index in [1.165, 1.54) is 0 Å². The number of rotatable bonds is 14. The Morgan fingerprint density at radius 3 is 2.40 bits per heavy atom. The Morgan fingerprint density at radius 1 is 1.12 bits per heavy atom. The number of unbranched alkanes of at least 4 members (excludes halogenated alkanes) is 2. The van der Waals surface area contributed by atoms with E-state index in [1.54, 1.807) is 26.9 Å². The number of ether oxygens (including phenoxy) is 2. The van der Waals surface area contributed by atoms with Gasteiger partial charge in [0.15, 0.2) is 0 Å².